The second kappa shape index (κ2) is 6.15. The normalized spacial score (nSPS) is 12.5. The van der Waals surface area contributed by atoms with Crippen molar-refractivity contribution in [3.05, 3.63) is 66.5 Å². The zero-order valence-electron chi connectivity index (χ0n) is 8.93. The van der Waals surface area contributed by atoms with Gasteiger partial charge in [0.2, 0.25) is 0 Å². The predicted octanol–water partition coefficient (Wildman–Crippen LogP) is 6.85. The summed E-state index contributed by atoms with van der Waals surface area (Å²) in [5.74, 6) is 0. The summed E-state index contributed by atoms with van der Waals surface area (Å²) >= 11 is 25.5. The first-order valence-corrected chi connectivity index (χ1v) is 7.80. The summed E-state index contributed by atoms with van der Waals surface area (Å²) < 4.78 is 1.91. The van der Waals surface area contributed by atoms with Crippen molar-refractivity contribution in [3.63, 3.8) is 0 Å². The summed E-state index contributed by atoms with van der Waals surface area (Å²) in [7, 11) is 0. The lowest BCUT2D eigenvalue weighted by Gasteiger charge is -2.13. The fraction of sp³-hybridized carbons (Fsp3) is 0.0769. The van der Waals surface area contributed by atoms with E-state index in [9.17, 15) is 0 Å². The summed E-state index contributed by atoms with van der Waals surface area (Å²) in [4.78, 5) is 0. The van der Waals surface area contributed by atoms with Gasteiger partial charge in [-0.1, -0.05) is 55.1 Å². The third-order valence-corrected chi connectivity index (χ3v) is 4.39. The molecule has 0 aliphatic rings. The van der Waals surface area contributed by atoms with Crippen LogP contribution in [0.2, 0.25) is 10.0 Å². The van der Waals surface area contributed by atoms with Gasteiger partial charge in [0.05, 0.1) is 5.38 Å². The lowest BCUT2D eigenvalue weighted by molar-refractivity contribution is 1.13. The molecule has 0 N–H and O–H groups in total. The highest BCUT2D eigenvalue weighted by molar-refractivity contribution is 9.11. The van der Waals surface area contributed by atoms with Crippen LogP contribution in [0.15, 0.2) is 45.3 Å². The molecule has 0 amide bonds. The molecule has 0 aliphatic heterocycles. The molecule has 0 saturated carbocycles. The highest BCUT2D eigenvalue weighted by Crippen LogP contribution is 2.37. The van der Waals surface area contributed by atoms with E-state index in [4.69, 9.17) is 34.8 Å². The molecule has 2 aromatic carbocycles. The van der Waals surface area contributed by atoms with Crippen molar-refractivity contribution < 1.29 is 0 Å². The standard InChI is InChI=1S/C13H7Br2Cl3/c14-8-3-7(4-9(15)5-8)13(18)11-6-10(16)1-2-12(11)17/h1-6,13H. The van der Waals surface area contributed by atoms with E-state index in [1.807, 2.05) is 18.2 Å². The van der Waals surface area contributed by atoms with Gasteiger partial charge < -0.3 is 0 Å². The minimum absolute atomic E-state index is 0.343. The SMILES string of the molecule is Clc1ccc(Cl)c(C(Cl)c2cc(Br)cc(Br)c2)c1. The van der Waals surface area contributed by atoms with Crippen molar-refractivity contribution in [2.75, 3.05) is 0 Å². The minimum atomic E-state index is -0.343. The fourth-order valence-electron chi connectivity index (χ4n) is 1.61. The van der Waals surface area contributed by atoms with E-state index < -0.39 is 0 Å². The van der Waals surface area contributed by atoms with Crippen LogP contribution in [0.1, 0.15) is 16.5 Å². The lowest BCUT2D eigenvalue weighted by atomic mass is 10.0. The summed E-state index contributed by atoms with van der Waals surface area (Å²) in [6.45, 7) is 0. The zero-order chi connectivity index (χ0) is 13.3. The Balaban J connectivity index is 2.47. The van der Waals surface area contributed by atoms with Crippen molar-refractivity contribution in [2.24, 2.45) is 0 Å². The van der Waals surface area contributed by atoms with E-state index in [0.29, 0.717) is 10.0 Å². The van der Waals surface area contributed by atoms with Gasteiger partial charge in [-0.15, -0.1) is 11.6 Å². The van der Waals surface area contributed by atoms with Crippen molar-refractivity contribution in [1.82, 2.24) is 0 Å². The molecule has 0 aromatic heterocycles. The molecule has 5 heteroatoms. The van der Waals surface area contributed by atoms with Gasteiger partial charge in [-0.05, 0) is 47.5 Å². The Hall–Kier alpha value is 0.270. The molecule has 0 spiro atoms. The number of alkyl halides is 1. The van der Waals surface area contributed by atoms with Crippen LogP contribution < -0.4 is 0 Å². The van der Waals surface area contributed by atoms with Crippen LogP contribution >= 0.6 is 66.7 Å². The zero-order valence-corrected chi connectivity index (χ0v) is 14.4. The molecule has 94 valence electrons. The van der Waals surface area contributed by atoms with E-state index in [1.54, 1.807) is 18.2 Å². The monoisotopic (exact) mass is 426 g/mol. The molecule has 1 unspecified atom stereocenters. The minimum Gasteiger partial charge on any atom is -0.113 e. The van der Waals surface area contributed by atoms with E-state index in [1.165, 1.54) is 0 Å². The highest BCUT2D eigenvalue weighted by Gasteiger charge is 2.15. The smallest absolute Gasteiger partial charge is 0.0851 e. The molecular formula is C13H7Br2Cl3. The maximum absolute atomic E-state index is 6.47. The number of hydrogen-bond acceptors (Lipinski definition) is 0. The first-order valence-electron chi connectivity index (χ1n) is 5.02. The van der Waals surface area contributed by atoms with Crippen LogP contribution in [0, 0.1) is 0 Å². The predicted molar refractivity (Wildman–Crippen MR) is 86.0 cm³/mol. The molecule has 0 nitrogen and oxygen atoms in total. The van der Waals surface area contributed by atoms with E-state index in [-0.39, 0.29) is 5.38 Å². The number of hydrogen-bond donors (Lipinski definition) is 0. The van der Waals surface area contributed by atoms with Gasteiger partial charge >= 0.3 is 0 Å². The third-order valence-electron chi connectivity index (χ3n) is 2.41. The molecular weight excluding hydrogens is 422 g/mol. The summed E-state index contributed by atoms with van der Waals surface area (Å²) in [6.07, 6.45) is 0. The Bertz CT molecular complexity index is 564. The van der Waals surface area contributed by atoms with Crippen molar-refractivity contribution in [3.8, 4) is 0 Å². The van der Waals surface area contributed by atoms with Gasteiger partial charge in [0.25, 0.3) is 0 Å². The molecule has 0 fully saturated rings. The van der Waals surface area contributed by atoms with Crippen LogP contribution in [0.3, 0.4) is 0 Å². The summed E-state index contributed by atoms with van der Waals surface area (Å²) in [6, 6.07) is 11.2. The molecule has 18 heavy (non-hydrogen) atoms. The lowest BCUT2D eigenvalue weighted by Crippen LogP contribution is -1.95. The Labute approximate surface area is 137 Å². The van der Waals surface area contributed by atoms with Crippen LogP contribution in [0.25, 0.3) is 0 Å². The topological polar surface area (TPSA) is 0 Å². The van der Waals surface area contributed by atoms with Crippen LogP contribution in [-0.4, -0.2) is 0 Å². The van der Waals surface area contributed by atoms with Crippen LogP contribution in [0.4, 0.5) is 0 Å². The van der Waals surface area contributed by atoms with E-state index in [0.717, 1.165) is 20.1 Å². The number of rotatable bonds is 2. The Morgan fingerprint density at radius 2 is 1.50 bits per heavy atom. The largest absolute Gasteiger partial charge is 0.113 e. The Morgan fingerprint density at radius 3 is 2.11 bits per heavy atom. The van der Waals surface area contributed by atoms with Gasteiger partial charge in [-0.25, -0.2) is 0 Å². The average molecular weight is 429 g/mol. The molecule has 0 bridgehead atoms. The maximum atomic E-state index is 6.47. The first kappa shape index (κ1) is 14.7. The van der Waals surface area contributed by atoms with Crippen molar-refractivity contribution in [1.29, 1.82) is 0 Å². The van der Waals surface area contributed by atoms with Crippen molar-refractivity contribution in [2.45, 2.75) is 5.38 Å². The van der Waals surface area contributed by atoms with E-state index >= 15 is 0 Å². The van der Waals surface area contributed by atoms with Gasteiger partial charge in [0.15, 0.2) is 0 Å². The average Bonchev–Trinajstić information content (AvgIpc) is 2.30. The number of halogens is 5. The van der Waals surface area contributed by atoms with Gasteiger partial charge in [0.1, 0.15) is 0 Å². The maximum Gasteiger partial charge on any atom is 0.0851 e. The summed E-state index contributed by atoms with van der Waals surface area (Å²) in [5.41, 5.74) is 1.75. The van der Waals surface area contributed by atoms with Crippen LogP contribution in [-0.2, 0) is 0 Å². The van der Waals surface area contributed by atoms with Gasteiger partial charge in [-0.3, -0.25) is 0 Å². The first-order chi connectivity index (χ1) is 8.47. The highest BCUT2D eigenvalue weighted by atomic mass is 79.9. The molecule has 0 heterocycles. The second-order valence-electron chi connectivity index (χ2n) is 3.73. The second-order valence-corrected chi connectivity index (χ2v) is 6.84. The molecule has 0 aliphatic carbocycles. The summed E-state index contributed by atoms with van der Waals surface area (Å²) in [5, 5.41) is 0.884. The van der Waals surface area contributed by atoms with Gasteiger partial charge in [0, 0.05) is 19.0 Å². The molecule has 2 aromatic rings. The Morgan fingerprint density at radius 1 is 0.889 bits per heavy atom. The quantitative estimate of drug-likeness (QED) is 0.458. The number of benzene rings is 2. The van der Waals surface area contributed by atoms with Crippen molar-refractivity contribution >= 4 is 66.7 Å². The van der Waals surface area contributed by atoms with Gasteiger partial charge in [-0.2, -0.15) is 0 Å². The molecule has 0 saturated heterocycles. The molecule has 1 atom stereocenters. The molecule has 0 radical (unpaired) electrons. The fourth-order valence-corrected chi connectivity index (χ4v) is 3.71. The Kier molecular flexibility index (Phi) is 5.01. The van der Waals surface area contributed by atoms with E-state index in [2.05, 4.69) is 31.9 Å². The molecule has 2 rings (SSSR count). The third kappa shape index (κ3) is 3.43. The van der Waals surface area contributed by atoms with Crippen LogP contribution in [0.5, 0.6) is 0 Å².